The van der Waals surface area contributed by atoms with Crippen molar-refractivity contribution in [2.24, 2.45) is 7.05 Å². The van der Waals surface area contributed by atoms with Gasteiger partial charge in [-0.15, -0.1) is 0 Å². The Kier molecular flexibility index (Phi) is 2.94. The van der Waals surface area contributed by atoms with Crippen LogP contribution in [0, 0.1) is 13.8 Å². The Balaban J connectivity index is 2.69. The summed E-state index contributed by atoms with van der Waals surface area (Å²) < 4.78 is 3.37. The van der Waals surface area contributed by atoms with Gasteiger partial charge < -0.3 is 5.11 Å². The van der Waals surface area contributed by atoms with Crippen molar-refractivity contribution in [2.45, 2.75) is 27.3 Å². The van der Waals surface area contributed by atoms with Crippen LogP contribution in [0.2, 0.25) is 0 Å². The molecule has 2 aromatic heterocycles. The van der Waals surface area contributed by atoms with E-state index in [2.05, 4.69) is 10.2 Å². The Morgan fingerprint density at radius 1 is 1.39 bits per heavy atom. The van der Waals surface area contributed by atoms with E-state index in [1.54, 1.807) is 7.05 Å². The van der Waals surface area contributed by atoms with Crippen LogP contribution in [0.15, 0.2) is 6.20 Å². The topological polar surface area (TPSA) is 72.9 Å². The molecule has 2 rings (SSSR count). The average Bonchev–Trinajstić information content (AvgIpc) is 2.79. The lowest BCUT2D eigenvalue weighted by Gasteiger charge is -2.01. The van der Waals surface area contributed by atoms with E-state index in [1.165, 1.54) is 10.9 Å². The van der Waals surface area contributed by atoms with Crippen molar-refractivity contribution in [2.75, 3.05) is 0 Å². The Morgan fingerprint density at radius 2 is 2.06 bits per heavy atom. The zero-order valence-corrected chi connectivity index (χ0v) is 10.9. The highest BCUT2D eigenvalue weighted by Crippen LogP contribution is 2.28. The van der Waals surface area contributed by atoms with Crippen molar-refractivity contribution in [1.29, 1.82) is 0 Å². The van der Waals surface area contributed by atoms with E-state index in [0.717, 1.165) is 23.5 Å². The molecule has 0 bridgehead atoms. The third-order valence-corrected chi connectivity index (χ3v) is 2.98. The number of aromatic carboxylic acids is 1. The highest BCUT2D eigenvalue weighted by molar-refractivity contribution is 5.95. The van der Waals surface area contributed by atoms with Gasteiger partial charge in [-0.05, 0) is 20.8 Å². The molecule has 1 N–H and O–H groups in total. The molecule has 0 aromatic carbocycles. The highest BCUT2D eigenvalue weighted by atomic mass is 16.4. The van der Waals surface area contributed by atoms with E-state index in [-0.39, 0.29) is 5.56 Å². The molecular formula is C12H16N4O2. The number of carboxylic acids is 1. The number of aromatic nitrogens is 4. The fourth-order valence-corrected chi connectivity index (χ4v) is 2.18. The molecule has 0 radical (unpaired) electrons. The summed E-state index contributed by atoms with van der Waals surface area (Å²) >= 11 is 0. The molecule has 6 nitrogen and oxygen atoms in total. The van der Waals surface area contributed by atoms with Crippen molar-refractivity contribution >= 4 is 5.97 Å². The van der Waals surface area contributed by atoms with Crippen molar-refractivity contribution in [3.05, 3.63) is 23.1 Å². The summed E-state index contributed by atoms with van der Waals surface area (Å²) in [6.45, 7) is 6.55. The van der Waals surface area contributed by atoms with E-state index in [1.807, 2.05) is 25.5 Å². The van der Waals surface area contributed by atoms with E-state index >= 15 is 0 Å². The molecule has 0 spiro atoms. The van der Waals surface area contributed by atoms with Gasteiger partial charge in [-0.25, -0.2) is 4.79 Å². The first-order valence-electron chi connectivity index (χ1n) is 5.77. The molecule has 0 saturated heterocycles. The van der Waals surface area contributed by atoms with Crippen molar-refractivity contribution in [1.82, 2.24) is 19.6 Å². The minimum absolute atomic E-state index is 0.208. The third-order valence-electron chi connectivity index (χ3n) is 2.98. The number of nitrogens with zero attached hydrogens (tertiary/aromatic N) is 4. The molecule has 0 amide bonds. The second-order valence-electron chi connectivity index (χ2n) is 4.23. The van der Waals surface area contributed by atoms with Gasteiger partial charge in [0, 0.05) is 31.0 Å². The van der Waals surface area contributed by atoms with Crippen LogP contribution in [0.1, 0.15) is 28.7 Å². The van der Waals surface area contributed by atoms with Crippen LogP contribution in [0.3, 0.4) is 0 Å². The number of rotatable bonds is 3. The van der Waals surface area contributed by atoms with Gasteiger partial charge in [0.15, 0.2) is 0 Å². The van der Waals surface area contributed by atoms with Crippen molar-refractivity contribution in [3.8, 4) is 11.3 Å². The van der Waals surface area contributed by atoms with Crippen molar-refractivity contribution in [3.63, 3.8) is 0 Å². The number of carbonyl (C=O) groups is 1. The Hall–Kier alpha value is -2.11. The maximum absolute atomic E-state index is 11.2. The lowest BCUT2D eigenvalue weighted by molar-refractivity contribution is 0.0697. The second-order valence-corrected chi connectivity index (χ2v) is 4.23. The van der Waals surface area contributed by atoms with Crippen LogP contribution in [-0.2, 0) is 13.6 Å². The molecular weight excluding hydrogens is 232 g/mol. The molecule has 0 unspecified atom stereocenters. The monoisotopic (exact) mass is 248 g/mol. The Morgan fingerprint density at radius 3 is 2.56 bits per heavy atom. The molecule has 0 aliphatic heterocycles. The molecule has 0 atom stereocenters. The number of carboxylic acid groups (broad SMARTS) is 1. The first kappa shape index (κ1) is 12.3. The summed E-state index contributed by atoms with van der Waals surface area (Å²) in [5.41, 5.74) is 3.25. The molecule has 18 heavy (non-hydrogen) atoms. The molecule has 2 aromatic rings. The minimum atomic E-state index is -0.971. The standard InChI is InChI=1S/C12H16N4O2/c1-5-16-8(3)10(7(2)13-16)11-9(12(17)18)6-15(4)14-11/h6H,5H2,1-4H3,(H,17,18). The third kappa shape index (κ3) is 1.79. The predicted molar refractivity (Wildman–Crippen MR) is 66.5 cm³/mol. The molecule has 0 aliphatic carbocycles. The van der Waals surface area contributed by atoms with Gasteiger partial charge in [-0.1, -0.05) is 0 Å². The SMILES string of the molecule is CCn1nc(C)c(-c2nn(C)cc2C(=O)O)c1C. The summed E-state index contributed by atoms with van der Waals surface area (Å²) in [6.07, 6.45) is 1.51. The summed E-state index contributed by atoms with van der Waals surface area (Å²) in [6, 6.07) is 0. The smallest absolute Gasteiger partial charge is 0.339 e. The van der Waals surface area contributed by atoms with Gasteiger partial charge in [-0.3, -0.25) is 9.36 Å². The van der Waals surface area contributed by atoms with Gasteiger partial charge in [-0.2, -0.15) is 10.2 Å². The fraction of sp³-hybridized carbons (Fsp3) is 0.417. The van der Waals surface area contributed by atoms with Crippen molar-refractivity contribution < 1.29 is 9.90 Å². The van der Waals surface area contributed by atoms with Gasteiger partial charge in [0.1, 0.15) is 11.3 Å². The van der Waals surface area contributed by atoms with Gasteiger partial charge in [0.25, 0.3) is 0 Å². The number of hydrogen-bond acceptors (Lipinski definition) is 3. The van der Waals surface area contributed by atoms with Gasteiger partial charge in [0.2, 0.25) is 0 Å². The van der Waals surface area contributed by atoms with E-state index in [9.17, 15) is 9.90 Å². The lowest BCUT2D eigenvalue weighted by atomic mass is 10.1. The maximum atomic E-state index is 11.2. The molecule has 0 saturated carbocycles. The van der Waals surface area contributed by atoms with Crippen LogP contribution in [0.25, 0.3) is 11.3 Å². The summed E-state index contributed by atoms with van der Waals surface area (Å²) in [7, 11) is 1.71. The fourth-order valence-electron chi connectivity index (χ4n) is 2.18. The van der Waals surface area contributed by atoms with Crippen LogP contribution in [-0.4, -0.2) is 30.6 Å². The first-order valence-corrected chi connectivity index (χ1v) is 5.77. The zero-order chi connectivity index (χ0) is 13.4. The quantitative estimate of drug-likeness (QED) is 0.895. The van der Waals surface area contributed by atoms with E-state index in [4.69, 9.17) is 0 Å². The number of aryl methyl sites for hydroxylation is 3. The zero-order valence-electron chi connectivity index (χ0n) is 10.9. The molecule has 96 valence electrons. The average molecular weight is 248 g/mol. The van der Waals surface area contributed by atoms with Crippen LogP contribution in [0.5, 0.6) is 0 Å². The summed E-state index contributed by atoms with van der Waals surface area (Å²) in [5.74, 6) is -0.971. The molecule has 0 fully saturated rings. The Bertz CT molecular complexity index is 610. The van der Waals surface area contributed by atoms with Gasteiger partial charge in [0.05, 0.1) is 5.69 Å². The largest absolute Gasteiger partial charge is 0.478 e. The van der Waals surface area contributed by atoms with Gasteiger partial charge >= 0.3 is 5.97 Å². The molecule has 2 heterocycles. The predicted octanol–water partition coefficient (Wildman–Crippen LogP) is 1.62. The van der Waals surface area contributed by atoms with Crippen LogP contribution in [0.4, 0.5) is 0 Å². The first-order chi connectivity index (χ1) is 8.45. The second kappa shape index (κ2) is 4.29. The molecule has 6 heteroatoms. The molecule has 0 aliphatic rings. The number of hydrogen-bond donors (Lipinski definition) is 1. The Labute approximate surface area is 105 Å². The van der Waals surface area contributed by atoms with Crippen LogP contribution < -0.4 is 0 Å². The summed E-state index contributed by atoms with van der Waals surface area (Å²) in [4.78, 5) is 11.2. The minimum Gasteiger partial charge on any atom is -0.478 e. The summed E-state index contributed by atoms with van der Waals surface area (Å²) in [5, 5.41) is 17.8. The lowest BCUT2D eigenvalue weighted by Crippen LogP contribution is -2.00. The van der Waals surface area contributed by atoms with E-state index in [0.29, 0.717) is 5.69 Å². The maximum Gasteiger partial charge on any atom is 0.339 e. The highest BCUT2D eigenvalue weighted by Gasteiger charge is 2.22. The van der Waals surface area contributed by atoms with Crippen LogP contribution >= 0.6 is 0 Å². The normalized spacial score (nSPS) is 10.9. The van der Waals surface area contributed by atoms with E-state index < -0.39 is 5.97 Å².